The molecule has 0 atom stereocenters. The zero-order valence-corrected chi connectivity index (χ0v) is 19.2. The smallest absolute Gasteiger partial charge is 0.372 e. The normalized spacial score (nSPS) is 15.7. The Hall–Kier alpha value is -3.10. The third-order valence-corrected chi connectivity index (χ3v) is 8.47. The second kappa shape index (κ2) is 8.68. The number of rotatable bonds is 4. The molecular weight excluding hydrogens is 473 g/mol. The number of thiophene rings is 1. The topological polar surface area (TPSA) is 78.6 Å². The number of fused-ring (bicyclic) bond motifs is 1. The first-order chi connectivity index (χ1) is 15.6. The van der Waals surface area contributed by atoms with Crippen LogP contribution in [-0.2, 0) is 16.0 Å². The summed E-state index contributed by atoms with van der Waals surface area (Å²) in [5.74, 6) is 0. The molecule has 0 amide bonds. The molecule has 4 rings (SSSR count). The predicted molar refractivity (Wildman–Crippen MR) is 119 cm³/mol. The van der Waals surface area contributed by atoms with Crippen LogP contribution in [0.1, 0.15) is 11.3 Å². The highest BCUT2D eigenvalue weighted by atomic mass is 32.2. The molecule has 1 saturated heterocycles. The Labute approximate surface area is 193 Å². The van der Waals surface area contributed by atoms with E-state index in [4.69, 9.17) is 0 Å². The van der Waals surface area contributed by atoms with Gasteiger partial charge >= 0.3 is 6.18 Å². The molecule has 1 N–H and O–H groups in total. The van der Waals surface area contributed by atoms with Gasteiger partial charge in [-0.1, -0.05) is 12.1 Å². The van der Waals surface area contributed by atoms with Gasteiger partial charge in [-0.25, -0.2) is 13.4 Å². The van der Waals surface area contributed by atoms with Crippen molar-refractivity contribution in [1.29, 1.82) is 5.26 Å². The Morgan fingerprint density at radius 3 is 2.52 bits per heavy atom. The zero-order valence-electron chi connectivity index (χ0n) is 17.6. The Morgan fingerprint density at radius 1 is 1.18 bits per heavy atom. The molecule has 1 fully saturated rings. The van der Waals surface area contributed by atoms with Gasteiger partial charge in [0.15, 0.2) is 4.91 Å². The van der Waals surface area contributed by atoms with Gasteiger partial charge in [-0.2, -0.15) is 18.4 Å². The van der Waals surface area contributed by atoms with Gasteiger partial charge in [-0.05, 0) is 30.0 Å². The highest BCUT2D eigenvalue weighted by Gasteiger charge is 2.39. The number of nitriles is 1. The van der Waals surface area contributed by atoms with E-state index >= 15 is 0 Å². The molecule has 0 spiro atoms. The third kappa shape index (κ3) is 4.67. The lowest BCUT2D eigenvalue weighted by Gasteiger charge is -2.36. The summed E-state index contributed by atoms with van der Waals surface area (Å²) in [5.41, 5.74) is 0.956. The van der Waals surface area contributed by atoms with E-state index < -0.39 is 21.7 Å². The van der Waals surface area contributed by atoms with Gasteiger partial charge in [0.05, 0.1) is 11.1 Å². The molecule has 3 heterocycles. The fraction of sp³-hybridized carbons (Fsp3) is 0.273. The number of hydrogen-bond acceptors (Lipinski definition) is 6. The summed E-state index contributed by atoms with van der Waals surface area (Å²) < 4.78 is 65.8. The summed E-state index contributed by atoms with van der Waals surface area (Å²) in [5, 5.41) is 11.7. The number of benzene rings is 1. The largest absolute Gasteiger partial charge is 0.477 e. The maximum Gasteiger partial charge on any atom is 0.477 e. The standard InChI is InChI=1S/C22H19F3N4O2S2/c1-15-4-5-18-17(11-15)19(12-20(27-18)22(23,24)25)29-8-6-28(7-9-29)14-16(13-26)33(30,31)21-3-2-10-32-21/h2-5,10-12,14H,6-9H2,1H3/p+1/b16-14+. The molecule has 11 heteroatoms. The highest BCUT2D eigenvalue weighted by Crippen LogP contribution is 2.33. The summed E-state index contributed by atoms with van der Waals surface area (Å²) >= 11 is 1.04. The summed E-state index contributed by atoms with van der Waals surface area (Å²) in [7, 11) is -3.89. The first-order valence-electron chi connectivity index (χ1n) is 10.0. The Morgan fingerprint density at radius 2 is 1.91 bits per heavy atom. The van der Waals surface area contributed by atoms with E-state index in [1.165, 1.54) is 12.3 Å². The van der Waals surface area contributed by atoms with Gasteiger partial charge < -0.3 is 9.80 Å². The monoisotopic (exact) mass is 493 g/mol. The third-order valence-electron chi connectivity index (χ3n) is 5.42. The van der Waals surface area contributed by atoms with Crippen LogP contribution in [0.25, 0.3) is 10.9 Å². The first kappa shape index (κ1) is 23.1. The number of piperazine rings is 1. The lowest BCUT2D eigenvalue weighted by atomic mass is 10.1. The first-order valence-corrected chi connectivity index (χ1v) is 12.4. The van der Waals surface area contributed by atoms with E-state index in [1.807, 2.05) is 17.9 Å². The second-order valence-electron chi connectivity index (χ2n) is 7.68. The molecule has 1 aromatic carbocycles. The number of anilines is 1. The van der Waals surface area contributed by atoms with E-state index in [0.29, 0.717) is 42.8 Å². The minimum atomic E-state index is -4.52. The van der Waals surface area contributed by atoms with Crippen molar-refractivity contribution in [3.05, 3.63) is 64.1 Å². The van der Waals surface area contributed by atoms with E-state index in [2.05, 4.69) is 4.98 Å². The second-order valence-corrected chi connectivity index (χ2v) is 10.8. The number of nitrogens with zero attached hydrogens (tertiary/aromatic N) is 3. The predicted octanol–water partition coefficient (Wildman–Crippen LogP) is 4.00. The fourth-order valence-corrected chi connectivity index (χ4v) is 6.00. The van der Waals surface area contributed by atoms with Crippen molar-refractivity contribution in [2.45, 2.75) is 17.3 Å². The van der Waals surface area contributed by atoms with Crippen molar-refractivity contribution >= 4 is 37.8 Å². The van der Waals surface area contributed by atoms with Crippen molar-refractivity contribution in [2.24, 2.45) is 0 Å². The van der Waals surface area contributed by atoms with Crippen molar-refractivity contribution in [1.82, 2.24) is 4.90 Å². The van der Waals surface area contributed by atoms with Gasteiger partial charge in [0.1, 0.15) is 10.3 Å². The molecule has 3 aromatic rings. The van der Waals surface area contributed by atoms with Crippen LogP contribution in [0.3, 0.4) is 0 Å². The van der Waals surface area contributed by atoms with Crippen LogP contribution < -0.4 is 9.88 Å². The van der Waals surface area contributed by atoms with E-state index in [-0.39, 0.29) is 9.11 Å². The number of sulfone groups is 1. The molecule has 1 aliphatic rings. The molecule has 0 aliphatic carbocycles. The molecule has 6 nitrogen and oxygen atoms in total. The van der Waals surface area contributed by atoms with Gasteiger partial charge in [-0.15, -0.1) is 11.3 Å². The molecule has 0 unspecified atom stereocenters. The molecule has 172 valence electrons. The number of allylic oxidation sites excluding steroid dienone is 1. The molecule has 1 aliphatic heterocycles. The Bertz CT molecular complexity index is 1350. The zero-order chi connectivity index (χ0) is 23.8. The number of halogens is 3. The Kier molecular flexibility index (Phi) is 6.07. The minimum Gasteiger partial charge on any atom is -0.372 e. The number of pyridine rings is 1. The lowest BCUT2D eigenvalue weighted by Crippen LogP contribution is -2.44. The quantitative estimate of drug-likeness (QED) is 0.514. The molecule has 0 saturated carbocycles. The molecule has 0 bridgehead atoms. The van der Waals surface area contributed by atoms with E-state index in [0.717, 1.165) is 23.0 Å². The van der Waals surface area contributed by atoms with Gasteiger partial charge in [0.2, 0.25) is 15.4 Å². The maximum absolute atomic E-state index is 13.5. The summed E-state index contributed by atoms with van der Waals surface area (Å²) in [4.78, 5) is 5.69. The van der Waals surface area contributed by atoms with Crippen LogP contribution in [0.15, 0.2) is 57.1 Å². The number of aromatic amines is 1. The van der Waals surface area contributed by atoms with Crippen LogP contribution in [0, 0.1) is 18.3 Å². The summed E-state index contributed by atoms with van der Waals surface area (Å²) in [6.45, 7) is 3.34. The van der Waals surface area contributed by atoms with Crippen molar-refractivity contribution in [3.63, 3.8) is 0 Å². The van der Waals surface area contributed by atoms with Crippen LogP contribution in [0.4, 0.5) is 18.9 Å². The number of alkyl halides is 3. The number of nitrogens with one attached hydrogen (secondary N) is 1. The fourth-order valence-electron chi connectivity index (χ4n) is 3.73. The average molecular weight is 494 g/mol. The lowest BCUT2D eigenvalue weighted by molar-refractivity contribution is -0.398. The highest BCUT2D eigenvalue weighted by molar-refractivity contribution is 7.97. The van der Waals surface area contributed by atoms with E-state index in [9.17, 15) is 26.9 Å². The number of H-pyrrole nitrogens is 1. The SMILES string of the molecule is Cc1ccc2[nH+]c(C(F)(F)F)cc(N3CCN(/C=C(\C#N)S(=O)(=O)c4cccs4)CC3)c2c1. The molecule has 33 heavy (non-hydrogen) atoms. The van der Waals surface area contributed by atoms with E-state index in [1.54, 1.807) is 34.5 Å². The van der Waals surface area contributed by atoms with Crippen LogP contribution >= 0.6 is 11.3 Å². The number of hydrogen-bond donors (Lipinski definition) is 0. The number of aryl methyl sites for hydroxylation is 1. The maximum atomic E-state index is 13.5. The molecule has 2 aromatic heterocycles. The van der Waals surface area contributed by atoms with Crippen LogP contribution in [0.2, 0.25) is 0 Å². The summed E-state index contributed by atoms with van der Waals surface area (Å²) in [6, 6.07) is 11.2. The minimum absolute atomic E-state index is 0.0935. The summed E-state index contributed by atoms with van der Waals surface area (Å²) in [6.07, 6.45) is -3.19. The van der Waals surface area contributed by atoms with Crippen LogP contribution in [0.5, 0.6) is 0 Å². The van der Waals surface area contributed by atoms with Crippen molar-refractivity contribution < 1.29 is 26.6 Å². The molecular formula is C22H20F3N4O2S2+. The van der Waals surface area contributed by atoms with Crippen LogP contribution in [-0.4, -0.2) is 39.5 Å². The Balaban J connectivity index is 1.61. The van der Waals surface area contributed by atoms with Gasteiger partial charge in [0, 0.05) is 44.5 Å². The average Bonchev–Trinajstić information content (AvgIpc) is 3.32. The van der Waals surface area contributed by atoms with Crippen molar-refractivity contribution in [2.75, 3.05) is 31.1 Å². The number of aromatic nitrogens is 1. The molecule has 0 radical (unpaired) electrons. The van der Waals surface area contributed by atoms with Gasteiger partial charge in [0.25, 0.3) is 5.69 Å². The van der Waals surface area contributed by atoms with Gasteiger partial charge in [-0.3, -0.25) is 0 Å². The van der Waals surface area contributed by atoms with Crippen molar-refractivity contribution in [3.8, 4) is 6.07 Å².